The second-order valence-electron chi connectivity index (χ2n) is 4.38. The highest BCUT2D eigenvalue weighted by atomic mass is 16.5. The minimum absolute atomic E-state index is 0.829. The number of unbranched alkanes of at least 4 members (excludes halogenated alkanes) is 3. The van der Waals surface area contributed by atoms with Gasteiger partial charge in [0.05, 0.1) is 6.61 Å². The first-order valence-corrected chi connectivity index (χ1v) is 6.69. The van der Waals surface area contributed by atoms with Crippen molar-refractivity contribution in [3.8, 4) is 5.75 Å². The highest BCUT2D eigenvalue weighted by Crippen LogP contribution is 2.14. The van der Waals surface area contributed by atoms with E-state index >= 15 is 0 Å². The van der Waals surface area contributed by atoms with Crippen molar-refractivity contribution >= 4 is 0 Å². The summed E-state index contributed by atoms with van der Waals surface area (Å²) in [5.41, 5.74) is 1.40. The van der Waals surface area contributed by atoms with E-state index < -0.39 is 0 Å². The van der Waals surface area contributed by atoms with Crippen molar-refractivity contribution in [2.75, 3.05) is 6.61 Å². The van der Waals surface area contributed by atoms with Crippen LogP contribution in [0.3, 0.4) is 0 Å². The van der Waals surface area contributed by atoms with Crippen LogP contribution in [0.15, 0.2) is 36.9 Å². The van der Waals surface area contributed by atoms with Crippen LogP contribution in [-0.4, -0.2) is 6.61 Å². The molecule has 0 heterocycles. The van der Waals surface area contributed by atoms with Gasteiger partial charge in [-0.3, -0.25) is 0 Å². The molecule has 1 rings (SSSR count). The van der Waals surface area contributed by atoms with Crippen LogP contribution >= 0.6 is 0 Å². The topological polar surface area (TPSA) is 9.23 Å². The van der Waals surface area contributed by atoms with Crippen LogP contribution in [-0.2, 0) is 6.42 Å². The third-order valence-electron chi connectivity index (χ3n) is 2.81. The van der Waals surface area contributed by atoms with E-state index in [1.807, 2.05) is 6.08 Å². The predicted octanol–water partition coefficient (Wildman–Crippen LogP) is 4.76. The fraction of sp³-hybridized carbons (Fsp3) is 0.500. The molecule has 1 aromatic rings. The van der Waals surface area contributed by atoms with Crippen molar-refractivity contribution in [1.29, 1.82) is 0 Å². The van der Waals surface area contributed by atoms with Crippen molar-refractivity contribution in [3.63, 3.8) is 0 Å². The molecule has 0 unspecified atom stereocenters. The van der Waals surface area contributed by atoms with E-state index in [4.69, 9.17) is 4.74 Å². The maximum Gasteiger partial charge on any atom is 0.119 e. The molecule has 0 aliphatic heterocycles. The van der Waals surface area contributed by atoms with Gasteiger partial charge in [0.1, 0.15) is 5.75 Å². The first-order chi connectivity index (χ1) is 8.36. The summed E-state index contributed by atoms with van der Waals surface area (Å²) in [6, 6.07) is 8.52. The van der Waals surface area contributed by atoms with Crippen molar-refractivity contribution in [2.45, 2.75) is 45.4 Å². The normalized spacial score (nSPS) is 10.2. The molecule has 17 heavy (non-hydrogen) atoms. The first-order valence-electron chi connectivity index (χ1n) is 6.69. The summed E-state index contributed by atoms with van der Waals surface area (Å²) >= 11 is 0. The lowest BCUT2D eigenvalue weighted by atomic mass is 10.1. The lowest BCUT2D eigenvalue weighted by Gasteiger charge is -2.06. The lowest BCUT2D eigenvalue weighted by molar-refractivity contribution is 0.309. The minimum Gasteiger partial charge on any atom is -0.494 e. The van der Waals surface area contributed by atoms with Gasteiger partial charge in [0, 0.05) is 0 Å². The fourth-order valence-electron chi connectivity index (χ4n) is 1.70. The van der Waals surface area contributed by atoms with Gasteiger partial charge in [-0.1, -0.05) is 31.6 Å². The summed E-state index contributed by atoms with van der Waals surface area (Å²) in [5.74, 6) is 0.994. The second-order valence-corrected chi connectivity index (χ2v) is 4.38. The van der Waals surface area contributed by atoms with Gasteiger partial charge < -0.3 is 4.74 Å². The zero-order valence-corrected chi connectivity index (χ0v) is 11.0. The van der Waals surface area contributed by atoms with Crippen LogP contribution < -0.4 is 4.74 Å². The van der Waals surface area contributed by atoms with Gasteiger partial charge in [-0.15, -0.1) is 6.58 Å². The van der Waals surface area contributed by atoms with E-state index in [1.165, 1.54) is 24.8 Å². The van der Waals surface area contributed by atoms with E-state index in [-0.39, 0.29) is 0 Å². The monoisotopic (exact) mass is 232 g/mol. The molecule has 0 N–H and O–H groups in total. The van der Waals surface area contributed by atoms with Crippen molar-refractivity contribution in [2.24, 2.45) is 0 Å². The Kier molecular flexibility index (Phi) is 7.20. The zero-order valence-electron chi connectivity index (χ0n) is 11.0. The summed E-state index contributed by atoms with van der Waals surface area (Å²) in [6.07, 6.45) is 9.05. The molecule has 0 bridgehead atoms. The smallest absolute Gasteiger partial charge is 0.119 e. The molecule has 1 nitrogen and oxygen atoms in total. The Morgan fingerprint density at radius 2 is 1.88 bits per heavy atom. The Labute approximate surface area is 106 Å². The summed E-state index contributed by atoms with van der Waals surface area (Å²) < 4.78 is 5.63. The molecule has 0 radical (unpaired) electrons. The lowest BCUT2D eigenvalue weighted by Crippen LogP contribution is -1.96. The molecule has 0 aliphatic carbocycles. The fourth-order valence-corrected chi connectivity index (χ4v) is 1.70. The number of hydrogen-bond acceptors (Lipinski definition) is 1. The molecule has 0 saturated heterocycles. The predicted molar refractivity (Wildman–Crippen MR) is 74.6 cm³/mol. The Hall–Kier alpha value is -1.24. The van der Waals surface area contributed by atoms with Crippen LogP contribution in [0.2, 0.25) is 0 Å². The van der Waals surface area contributed by atoms with E-state index in [1.54, 1.807) is 0 Å². The molecule has 1 heteroatoms. The minimum atomic E-state index is 0.829. The van der Waals surface area contributed by atoms with Gasteiger partial charge in [-0.2, -0.15) is 0 Å². The number of rotatable bonds is 9. The van der Waals surface area contributed by atoms with Gasteiger partial charge in [0.15, 0.2) is 0 Å². The molecule has 1 aromatic carbocycles. The Bertz CT molecular complexity index is 300. The van der Waals surface area contributed by atoms with E-state index in [0.717, 1.165) is 31.6 Å². The van der Waals surface area contributed by atoms with Gasteiger partial charge in [0.25, 0.3) is 0 Å². The van der Waals surface area contributed by atoms with Gasteiger partial charge in [-0.05, 0) is 49.8 Å². The van der Waals surface area contributed by atoms with Crippen molar-refractivity contribution in [1.82, 2.24) is 0 Å². The molecule has 0 aromatic heterocycles. The number of hydrogen-bond donors (Lipinski definition) is 0. The number of aryl methyl sites for hydroxylation is 1. The molecule has 0 amide bonds. The highest BCUT2D eigenvalue weighted by molar-refractivity contribution is 5.27. The molecular formula is C16H24O. The van der Waals surface area contributed by atoms with E-state index in [9.17, 15) is 0 Å². The average Bonchev–Trinajstić information content (AvgIpc) is 2.37. The van der Waals surface area contributed by atoms with E-state index in [0.29, 0.717) is 0 Å². The molecular weight excluding hydrogens is 208 g/mol. The quantitative estimate of drug-likeness (QED) is 0.440. The molecule has 0 spiro atoms. The van der Waals surface area contributed by atoms with Crippen LogP contribution in [0, 0.1) is 0 Å². The number of ether oxygens (including phenoxy) is 1. The summed E-state index contributed by atoms with van der Waals surface area (Å²) in [4.78, 5) is 0. The molecule has 0 fully saturated rings. The zero-order chi connectivity index (χ0) is 12.3. The number of benzene rings is 1. The third kappa shape index (κ3) is 6.15. The van der Waals surface area contributed by atoms with Gasteiger partial charge in [0.2, 0.25) is 0 Å². The maximum atomic E-state index is 5.63. The first kappa shape index (κ1) is 13.8. The molecule has 0 saturated carbocycles. The summed E-state index contributed by atoms with van der Waals surface area (Å²) in [7, 11) is 0. The SMILES string of the molecule is C=CCCCCc1ccc(OCCCC)cc1. The largest absolute Gasteiger partial charge is 0.494 e. The average molecular weight is 232 g/mol. The highest BCUT2D eigenvalue weighted by Gasteiger charge is 1.96. The van der Waals surface area contributed by atoms with Gasteiger partial charge in [-0.25, -0.2) is 0 Å². The molecule has 0 atom stereocenters. The van der Waals surface area contributed by atoms with Crippen LogP contribution in [0.1, 0.15) is 44.6 Å². The summed E-state index contributed by atoms with van der Waals surface area (Å²) in [6.45, 7) is 6.74. The Morgan fingerprint density at radius 3 is 2.53 bits per heavy atom. The van der Waals surface area contributed by atoms with Crippen LogP contribution in [0.4, 0.5) is 0 Å². The van der Waals surface area contributed by atoms with Crippen LogP contribution in [0.25, 0.3) is 0 Å². The number of allylic oxidation sites excluding steroid dienone is 1. The maximum absolute atomic E-state index is 5.63. The van der Waals surface area contributed by atoms with E-state index in [2.05, 4.69) is 37.8 Å². The Morgan fingerprint density at radius 1 is 1.12 bits per heavy atom. The second kappa shape index (κ2) is 8.86. The standard InChI is InChI=1S/C16H24O/c1-3-5-7-8-9-15-10-12-16(13-11-15)17-14-6-4-2/h3,10-13H,1,4-9,14H2,2H3. The molecule has 94 valence electrons. The van der Waals surface area contributed by atoms with Crippen molar-refractivity contribution in [3.05, 3.63) is 42.5 Å². The van der Waals surface area contributed by atoms with Crippen LogP contribution in [0.5, 0.6) is 5.75 Å². The summed E-state index contributed by atoms with van der Waals surface area (Å²) in [5, 5.41) is 0. The Balaban J connectivity index is 2.26. The molecule has 0 aliphatic rings. The van der Waals surface area contributed by atoms with Crippen molar-refractivity contribution < 1.29 is 4.74 Å². The third-order valence-corrected chi connectivity index (χ3v) is 2.81. The van der Waals surface area contributed by atoms with Gasteiger partial charge >= 0.3 is 0 Å².